The number of nitrogens with one attached hydrogen (secondary N) is 1. The lowest BCUT2D eigenvalue weighted by Gasteiger charge is -2.28. The van der Waals surface area contributed by atoms with E-state index in [2.05, 4.69) is 5.32 Å². The molecule has 152 valence electrons. The smallest absolute Gasteiger partial charge is 0.408 e. The lowest BCUT2D eigenvalue weighted by atomic mass is 10.0. The van der Waals surface area contributed by atoms with Gasteiger partial charge in [-0.3, -0.25) is 14.5 Å². The van der Waals surface area contributed by atoms with E-state index in [4.69, 9.17) is 4.74 Å². The van der Waals surface area contributed by atoms with Gasteiger partial charge >= 0.3 is 6.09 Å². The van der Waals surface area contributed by atoms with Gasteiger partial charge in [-0.25, -0.2) is 9.18 Å². The molecule has 0 unspecified atom stereocenters. The van der Waals surface area contributed by atoms with Crippen LogP contribution >= 0.6 is 0 Å². The summed E-state index contributed by atoms with van der Waals surface area (Å²) in [4.78, 5) is 38.5. The van der Waals surface area contributed by atoms with Gasteiger partial charge in [0.15, 0.2) is 0 Å². The largest absolute Gasteiger partial charge is 0.444 e. The Balaban J connectivity index is 1.84. The van der Waals surface area contributed by atoms with Crippen molar-refractivity contribution in [1.29, 1.82) is 0 Å². The minimum absolute atomic E-state index is 0.267. The van der Waals surface area contributed by atoms with E-state index in [-0.39, 0.29) is 17.7 Å². The molecule has 3 amide bonds. The van der Waals surface area contributed by atoms with Gasteiger partial charge in [-0.2, -0.15) is 0 Å². The standard InChI is InChI=1S/C22H23FN2O4/c1-22(2,3)29-21(28)24-17(18(23)14-9-5-4-6-10-14)13-25-19(26)15-11-7-8-12-16(15)20(25)27/h4-12,17-18H,13H2,1-3H3,(H,24,28)/t17-,18+/m1/s1. The highest BCUT2D eigenvalue weighted by Crippen LogP contribution is 2.27. The van der Waals surface area contributed by atoms with Crippen LogP contribution in [0.3, 0.4) is 0 Å². The van der Waals surface area contributed by atoms with Crippen LogP contribution in [-0.2, 0) is 4.74 Å². The van der Waals surface area contributed by atoms with E-state index in [0.717, 1.165) is 4.90 Å². The molecule has 1 N–H and O–H groups in total. The summed E-state index contributed by atoms with van der Waals surface area (Å²) in [5.41, 5.74) is 0.0837. The number of ether oxygens (including phenoxy) is 1. The Labute approximate surface area is 168 Å². The summed E-state index contributed by atoms with van der Waals surface area (Å²) in [6.07, 6.45) is -2.47. The van der Waals surface area contributed by atoms with Crippen LogP contribution in [0.25, 0.3) is 0 Å². The summed E-state index contributed by atoms with van der Waals surface area (Å²) in [5.74, 6) is -1.02. The zero-order chi connectivity index (χ0) is 21.2. The first-order chi connectivity index (χ1) is 13.7. The van der Waals surface area contributed by atoms with E-state index in [9.17, 15) is 14.4 Å². The Bertz CT molecular complexity index is 889. The molecule has 6 nitrogen and oxygen atoms in total. The van der Waals surface area contributed by atoms with Crippen LogP contribution in [0.15, 0.2) is 54.6 Å². The molecule has 1 aliphatic rings. The maximum atomic E-state index is 15.3. The van der Waals surface area contributed by atoms with E-state index >= 15 is 4.39 Å². The fourth-order valence-electron chi connectivity index (χ4n) is 3.14. The average Bonchev–Trinajstić information content (AvgIpc) is 2.91. The third kappa shape index (κ3) is 4.62. The van der Waals surface area contributed by atoms with Crippen molar-refractivity contribution < 1.29 is 23.5 Å². The highest BCUT2D eigenvalue weighted by Gasteiger charge is 2.39. The minimum atomic E-state index is -1.65. The highest BCUT2D eigenvalue weighted by atomic mass is 19.1. The second-order valence-electron chi connectivity index (χ2n) is 7.83. The number of fused-ring (bicyclic) bond motifs is 1. The maximum absolute atomic E-state index is 15.3. The summed E-state index contributed by atoms with van der Waals surface area (Å²) in [6.45, 7) is 4.75. The van der Waals surface area contributed by atoms with Crippen LogP contribution in [-0.4, -0.2) is 41.0 Å². The third-order valence-corrected chi connectivity index (χ3v) is 4.43. The third-order valence-electron chi connectivity index (χ3n) is 4.43. The molecule has 7 heteroatoms. The Morgan fingerprint density at radius 1 is 1.00 bits per heavy atom. The summed E-state index contributed by atoms with van der Waals surface area (Å²) in [7, 11) is 0. The van der Waals surface area contributed by atoms with E-state index in [1.54, 1.807) is 75.4 Å². The number of rotatable bonds is 5. The molecule has 0 aromatic heterocycles. The fraction of sp³-hybridized carbons (Fsp3) is 0.318. The number of imide groups is 1. The number of hydrogen-bond acceptors (Lipinski definition) is 4. The van der Waals surface area contributed by atoms with Gasteiger partial charge in [0, 0.05) is 0 Å². The van der Waals surface area contributed by atoms with Crippen LogP contribution in [0.2, 0.25) is 0 Å². The van der Waals surface area contributed by atoms with Crippen molar-refractivity contribution in [3.8, 4) is 0 Å². The van der Waals surface area contributed by atoms with Crippen molar-refractivity contribution in [2.75, 3.05) is 6.54 Å². The molecule has 0 spiro atoms. The number of nitrogens with zero attached hydrogens (tertiary/aromatic N) is 1. The molecule has 3 rings (SSSR count). The van der Waals surface area contributed by atoms with E-state index in [1.807, 2.05) is 0 Å². The first-order valence-corrected chi connectivity index (χ1v) is 9.31. The predicted octanol–water partition coefficient (Wildman–Crippen LogP) is 3.89. The van der Waals surface area contributed by atoms with Crippen molar-refractivity contribution >= 4 is 17.9 Å². The van der Waals surface area contributed by atoms with Gasteiger partial charge < -0.3 is 10.1 Å². The van der Waals surface area contributed by atoms with Gasteiger partial charge in [-0.15, -0.1) is 0 Å². The molecule has 0 radical (unpaired) electrons. The number of hydrogen-bond donors (Lipinski definition) is 1. The normalized spacial score (nSPS) is 15.7. The second kappa shape index (κ2) is 8.03. The molecule has 2 aromatic carbocycles. The summed E-state index contributed by atoms with van der Waals surface area (Å²) >= 11 is 0. The first kappa shape index (κ1) is 20.5. The Morgan fingerprint density at radius 2 is 1.52 bits per heavy atom. The molecule has 0 fully saturated rings. The van der Waals surface area contributed by atoms with Crippen molar-refractivity contribution in [3.05, 3.63) is 71.3 Å². The molecule has 0 aliphatic carbocycles. The molecule has 29 heavy (non-hydrogen) atoms. The lowest BCUT2D eigenvalue weighted by molar-refractivity contribution is 0.0423. The fourth-order valence-corrected chi connectivity index (χ4v) is 3.14. The van der Waals surface area contributed by atoms with E-state index < -0.39 is 35.7 Å². The van der Waals surface area contributed by atoms with Gasteiger partial charge in [0.2, 0.25) is 0 Å². The quantitative estimate of drug-likeness (QED) is 0.776. The Hall–Kier alpha value is -3.22. The Morgan fingerprint density at radius 3 is 2.03 bits per heavy atom. The monoisotopic (exact) mass is 398 g/mol. The second-order valence-corrected chi connectivity index (χ2v) is 7.83. The lowest BCUT2D eigenvalue weighted by Crippen LogP contribution is -2.49. The molecule has 0 saturated heterocycles. The number of carbonyl (C=O) groups excluding carboxylic acids is 3. The zero-order valence-corrected chi connectivity index (χ0v) is 16.5. The number of halogens is 1. The maximum Gasteiger partial charge on any atom is 0.408 e. The van der Waals surface area contributed by atoms with Crippen LogP contribution in [0.4, 0.5) is 9.18 Å². The molecule has 1 heterocycles. The van der Waals surface area contributed by atoms with Crippen molar-refractivity contribution in [3.63, 3.8) is 0 Å². The molecule has 1 aliphatic heterocycles. The average molecular weight is 398 g/mol. The molecular formula is C22H23FN2O4. The first-order valence-electron chi connectivity index (χ1n) is 9.31. The summed E-state index contributed by atoms with van der Waals surface area (Å²) < 4.78 is 20.5. The molecular weight excluding hydrogens is 375 g/mol. The predicted molar refractivity (Wildman–Crippen MR) is 105 cm³/mol. The van der Waals surface area contributed by atoms with Crippen molar-refractivity contribution in [1.82, 2.24) is 10.2 Å². The van der Waals surface area contributed by atoms with Crippen LogP contribution in [0.1, 0.15) is 53.2 Å². The molecule has 2 aromatic rings. The minimum Gasteiger partial charge on any atom is -0.444 e. The number of benzene rings is 2. The molecule has 2 atom stereocenters. The zero-order valence-electron chi connectivity index (χ0n) is 16.5. The van der Waals surface area contributed by atoms with Gasteiger partial charge in [0.25, 0.3) is 11.8 Å². The number of alkyl halides is 1. The van der Waals surface area contributed by atoms with Crippen LogP contribution < -0.4 is 5.32 Å². The number of alkyl carbamates (subject to hydrolysis) is 1. The van der Waals surface area contributed by atoms with Gasteiger partial charge in [-0.1, -0.05) is 42.5 Å². The van der Waals surface area contributed by atoms with Crippen molar-refractivity contribution in [2.24, 2.45) is 0 Å². The van der Waals surface area contributed by atoms with Crippen LogP contribution in [0.5, 0.6) is 0 Å². The van der Waals surface area contributed by atoms with E-state index in [1.165, 1.54) is 0 Å². The number of carbonyl (C=O) groups is 3. The van der Waals surface area contributed by atoms with Crippen LogP contribution in [0, 0.1) is 0 Å². The van der Waals surface area contributed by atoms with Crippen molar-refractivity contribution in [2.45, 2.75) is 38.6 Å². The van der Waals surface area contributed by atoms with Gasteiger partial charge in [0.1, 0.15) is 11.8 Å². The topological polar surface area (TPSA) is 75.7 Å². The van der Waals surface area contributed by atoms with Gasteiger partial charge in [0.05, 0.1) is 23.7 Å². The van der Waals surface area contributed by atoms with Gasteiger partial charge in [-0.05, 0) is 38.5 Å². The molecule has 0 saturated carbocycles. The SMILES string of the molecule is CC(C)(C)OC(=O)N[C@H](CN1C(=O)c2ccccc2C1=O)[C@@H](F)c1ccccc1. The number of amides is 3. The summed E-state index contributed by atoms with van der Waals surface area (Å²) in [5, 5.41) is 2.48. The Kier molecular flexibility index (Phi) is 5.68. The summed E-state index contributed by atoms with van der Waals surface area (Å²) in [6, 6.07) is 13.5. The van der Waals surface area contributed by atoms with E-state index in [0.29, 0.717) is 5.56 Å². The molecule has 0 bridgehead atoms. The highest BCUT2D eigenvalue weighted by molar-refractivity contribution is 6.21.